The predicted molar refractivity (Wildman–Crippen MR) is 122 cm³/mol. The zero-order valence-electron chi connectivity index (χ0n) is 18.1. The summed E-state index contributed by atoms with van der Waals surface area (Å²) in [6.07, 6.45) is 8.11. The van der Waals surface area contributed by atoms with Crippen molar-refractivity contribution in [3.63, 3.8) is 0 Å². The molecule has 1 heterocycles. The number of aromatic nitrogens is 2. The van der Waals surface area contributed by atoms with E-state index < -0.39 is 25.6 Å². The summed E-state index contributed by atoms with van der Waals surface area (Å²) in [5.74, 6) is -0.346. The number of carbonyl (C=O) groups excluding carboxylic acids is 1. The van der Waals surface area contributed by atoms with E-state index in [0.29, 0.717) is 17.9 Å². The van der Waals surface area contributed by atoms with Crippen LogP contribution >= 0.6 is 11.6 Å². The molecule has 1 fully saturated rings. The molecule has 32 heavy (non-hydrogen) atoms. The number of rotatable bonds is 7. The van der Waals surface area contributed by atoms with Crippen molar-refractivity contribution in [1.29, 1.82) is 0 Å². The fourth-order valence-electron chi connectivity index (χ4n) is 3.97. The van der Waals surface area contributed by atoms with Crippen LogP contribution in [0.3, 0.4) is 0 Å². The molecule has 8 nitrogen and oxygen atoms in total. The number of carbonyl (C=O) groups is 1. The van der Waals surface area contributed by atoms with E-state index in [1.165, 1.54) is 12.1 Å². The number of halogens is 1. The SMILES string of the molecule is Cc1nc(S(C)(=O)=O)cnc1NC(=O)C(CC1CCCC1)c1ccc(S(C)(=O)=O)c(Cl)c1. The van der Waals surface area contributed by atoms with Crippen molar-refractivity contribution < 1.29 is 21.6 Å². The second-order valence-corrected chi connectivity index (χ2v) is 12.7. The van der Waals surface area contributed by atoms with Crippen LogP contribution < -0.4 is 5.32 Å². The van der Waals surface area contributed by atoms with Crippen LogP contribution in [-0.4, -0.2) is 45.2 Å². The number of sulfone groups is 2. The Balaban J connectivity index is 1.92. The molecule has 0 bridgehead atoms. The van der Waals surface area contributed by atoms with Crippen LogP contribution in [0.25, 0.3) is 0 Å². The molecule has 0 saturated heterocycles. The molecule has 174 valence electrons. The topological polar surface area (TPSA) is 123 Å². The molecule has 1 aliphatic carbocycles. The van der Waals surface area contributed by atoms with Gasteiger partial charge in [0.25, 0.3) is 0 Å². The van der Waals surface area contributed by atoms with Crippen molar-refractivity contribution in [3.05, 3.63) is 40.7 Å². The summed E-state index contributed by atoms with van der Waals surface area (Å²) < 4.78 is 47.2. The second-order valence-electron chi connectivity index (χ2n) is 8.30. The van der Waals surface area contributed by atoms with Crippen LogP contribution in [0.4, 0.5) is 5.82 Å². The number of nitrogens with one attached hydrogen (secondary N) is 1. The quantitative estimate of drug-likeness (QED) is 0.617. The standard InChI is InChI=1S/C21H26ClN3O5S2/c1-13-20(23-12-19(24-13)32(3,29)30)25-21(26)16(10-14-6-4-5-7-14)15-8-9-18(17(22)11-15)31(2,27)28/h8-9,11-12,14,16H,4-7,10H2,1-3H3,(H,23,25,26). The first-order chi connectivity index (χ1) is 14.9. The number of hydrogen-bond donors (Lipinski definition) is 1. The molecule has 1 aromatic heterocycles. The molecule has 1 atom stereocenters. The molecule has 0 radical (unpaired) electrons. The van der Waals surface area contributed by atoms with E-state index in [1.54, 1.807) is 13.0 Å². The predicted octanol–water partition coefficient (Wildman–Crippen LogP) is 3.55. The molecule has 0 spiro atoms. The maximum absolute atomic E-state index is 13.3. The Kier molecular flexibility index (Phi) is 7.26. The van der Waals surface area contributed by atoms with E-state index in [-0.39, 0.29) is 32.4 Å². The first-order valence-corrected chi connectivity index (χ1v) is 14.4. The average Bonchev–Trinajstić information content (AvgIpc) is 3.19. The molecule has 11 heteroatoms. The van der Waals surface area contributed by atoms with Crippen LogP contribution in [0.2, 0.25) is 5.02 Å². The number of hydrogen-bond acceptors (Lipinski definition) is 7. The third kappa shape index (κ3) is 5.85. The molecule has 3 rings (SSSR count). The van der Waals surface area contributed by atoms with E-state index in [0.717, 1.165) is 44.4 Å². The van der Waals surface area contributed by atoms with E-state index in [4.69, 9.17) is 11.6 Å². The summed E-state index contributed by atoms with van der Waals surface area (Å²) in [7, 11) is -7.01. The third-order valence-electron chi connectivity index (χ3n) is 5.66. The van der Waals surface area contributed by atoms with Gasteiger partial charge in [0.1, 0.15) is 0 Å². The summed E-state index contributed by atoms with van der Waals surface area (Å²) in [6, 6.07) is 4.57. The molecule has 1 aromatic carbocycles. The molecule has 1 N–H and O–H groups in total. The minimum Gasteiger partial charge on any atom is -0.309 e. The van der Waals surface area contributed by atoms with Crippen molar-refractivity contribution in [2.75, 3.05) is 17.8 Å². The molecule has 1 unspecified atom stereocenters. The molecular formula is C21H26ClN3O5S2. The third-order valence-corrected chi connectivity index (χ3v) is 8.20. The van der Waals surface area contributed by atoms with Gasteiger partial charge < -0.3 is 5.32 Å². The van der Waals surface area contributed by atoms with Crippen LogP contribution in [0.15, 0.2) is 34.3 Å². The summed E-state index contributed by atoms with van der Waals surface area (Å²) in [4.78, 5) is 21.4. The minimum absolute atomic E-state index is 0.0148. The highest BCUT2D eigenvalue weighted by molar-refractivity contribution is 7.91. The van der Waals surface area contributed by atoms with Gasteiger partial charge in [0, 0.05) is 12.5 Å². The Bertz CT molecular complexity index is 1240. The molecule has 2 aromatic rings. The molecule has 1 amide bonds. The van der Waals surface area contributed by atoms with E-state index in [2.05, 4.69) is 15.3 Å². The van der Waals surface area contributed by atoms with E-state index in [9.17, 15) is 21.6 Å². The summed E-state index contributed by atoms with van der Waals surface area (Å²) in [5.41, 5.74) is 0.900. The maximum Gasteiger partial charge on any atom is 0.233 e. The molecule has 0 aliphatic heterocycles. The lowest BCUT2D eigenvalue weighted by atomic mass is 9.87. The number of benzene rings is 1. The normalized spacial score (nSPS) is 16.1. The summed E-state index contributed by atoms with van der Waals surface area (Å²) >= 11 is 6.23. The minimum atomic E-state index is -3.52. The van der Waals surface area contributed by atoms with E-state index in [1.807, 2.05) is 0 Å². The van der Waals surface area contributed by atoms with Gasteiger partial charge in [-0.25, -0.2) is 26.8 Å². The first-order valence-electron chi connectivity index (χ1n) is 10.2. The number of nitrogens with zero attached hydrogens (tertiary/aromatic N) is 2. The highest BCUT2D eigenvalue weighted by atomic mass is 35.5. The zero-order valence-corrected chi connectivity index (χ0v) is 20.5. The van der Waals surface area contributed by atoms with Crippen LogP contribution in [0.1, 0.15) is 49.3 Å². The fraction of sp³-hybridized carbons (Fsp3) is 0.476. The van der Waals surface area contributed by atoms with Gasteiger partial charge in [0.15, 0.2) is 30.5 Å². The van der Waals surface area contributed by atoms with Gasteiger partial charge in [-0.05, 0) is 37.0 Å². The first kappa shape index (κ1) is 24.6. The van der Waals surface area contributed by atoms with E-state index >= 15 is 0 Å². The van der Waals surface area contributed by atoms with Gasteiger partial charge >= 0.3 is 0 Å². The highest BCUT2D eigenvalue weighted by Gasteiger charge is 2.28. The number of aryl methyl sites for hydroxylation is 1. The van der Waals surface area contributed by atoms with Gasteiger partial charge in [-0.2, -0.15) is 0 Å². The number of anilines is 1. The lowest BCUT2D eigenvalue weighted by Gasteiger charge is -2.21. The fourth-order valence-corrected chi connectivity index (χ4v) is 5.86. The van der Waals surface area contributed by atoms with Crippen LogP contribution in [0, 0.1) is 12.8 Å². The van der Waals surface area contributed by atoms with Gasteiger partial charge in [-0.15, -0.1) is 0 Å². The molecular weight excluding hydrogens is 474 g/mol. The van der Waals surface area contributed by atoms with Crippen LogP contribution in [0.5, 0.6) is 0 Å². The summed E-state index contributed by atoms with van der Waals surface area (Å²) in [5, 5.41) is 2.66. The van der Waals surface area contributed by atoms with Gasteiger partial charge in [0.2, 0.25) is 5.91 Å². The Morgan fingerprint density at radius 2 is 1.81 bits per heavy atom. The largest absolute Gasteiger partial charge is 0.309 e. The Hall–Kier alpha value is -2.04. The monoisotopic (exact) mass is 499 g/mol. The van der Waals surface area contributed by atoms with Gasteiger partial charge in [0.05, 0.1) is 27.7 Å². The lowest BCUT2D eigenvalue weighted by Crippen LogP contribution is -2.24. The smallest absolute Gasteiger partial charge is 0.233 e. The summed E-state index contributed by atoms with van der Waals surface area (Å²) in [6.45, 7) is 1.57. The Morgan fingerprint density at radius 3 is 2.34 bits per heavy atom. The lowest BCUT2D eigenvalue weighted by molar-refractivity contribution is -0.118. The van der Waals surface area contributed by atoms with Crippen molar-refractivity contribution in [2.24, 2.45) is 5.92 Å². The second kappa shape index (κ2) is 9.44. The van der Waals surface area contributed by atoms with Crippen molar-refractivity contribution in [2.45, 2.75) is 54.9 Å². The maximum atomic E-state index is 13.3. The molecule has 1 saturated carbocycles. The van der Waals surface area contributed by atoms with Crippen molar-refractivity contribution in [3.8, 4) is 0 Å². The van der Waals surface area contributed by atoms with Gasteiger partial charge in [-0.3, -0.25) is 4.79 Å². The van der Waals surface area contributed by atoms with Crippen molar-refractivity contribution >= 4 is 43.0 Å². The van der Waals surface area contributed by atoms with Gasteiger partial charge in [-0.1, -0.05) is 43.4 Å². The highest BCUT2D eigenvalue weighted by Crippen LogP contribution is 2.36. The zero-order chi connectivity index (χ0) is 23.7. The van der Waals surface area contributed by atoms with Crippen LogP contribution in [-0.2, 0) is 24.5 Å². The Morgan fingerprint density at radius 1 is 1.16 bits per heavy atom. The molecule has 1 aliphatic rings. The average molecular weight is 500 g/mol. The Labute approximate surface area is 193 Å². The van der Waals surface area contributed by atoms with Crippen molar-refractivity contribution in [1.82, 2.24) is 9.97 Å². The number of amides is 1.